The average molecular weight is 324 g/mol. The van der Waals surface area contributed by atoms with Crippen LogP contribution in [0.4, 0.5) is 0 Å². The van der Waals surface area contributed by atoms with Gasteiger partial charge in [0.25, 0.3) is 5.56 Å². The third kappa shape index (κ3) is 3.31. The minimum absolute atomic E-state index is 0.105. The Morgan fingerprint density at radius 3 is 2.75 bits per heavy atom. The van der Waals surface area contributed by atoms with Crippen LogP contribution in [-0.4, -0.2) is 27.4 Å². The second-order valence-corrected chi connectivity index (χ2v) is 5.85. The molecule has 0 radical (unpaired) electrons. The van der Waals surface area contributed by atoms with Gasteiger partial charge in [0.2, 0.25) is 0 Å². The fourth-order valence-corrected chi connectivity index (χ4v) is 2.59. The van der Waals surface area contributed by atoms with Gasteiger partial charge in [-0.3, -0.25) is 9.36 Å². The number of benzene rings is 2. The van der Waals surface area contributed by atoms with E-state index in [2.05, 4.69) is 4.98 Å². The number of hydrogen-bond acceptors (Lipinski definition) is 4. The molecule has 1 N–H and O–H groups in total. The molecule has 0 spiro atoms. The summed E-state index contributed by atoms with van der Waals surface area (Å²) in [7, 11) is 0. The Bertz CT molecular complexity index is 913. The minimum Gasteiger partial charge on any atom is -0.490 e. The highest BCUT2D eigenvalue weighted by atomic mass is 16.5. The molecule has 0 amide bonds. The molecule has 5 heteroatoms. The Morgan fingerprint density at radius 2 is 1.92 bits per heavy atom. The Morgan fingerprint density at radius 1 is 1.17 bits per heavy atom. The lowest BCUT2D eigenvalue weighted by Crippen LogP contribution is -2.31. The van der Waals surface area contributed by atoms with E-state index in [1.165, 1.54) is 10.9 Å². The van der Waals surface area contributed by atoms with E-state index < -0.39 is 6.10 Å². The Labute approximate surface area is 140 Å². The van der Waals surface area contributed by atoms with Crippen LogP contribution in [0.15, 0.2) is 53.6 Å². The molecule has 0 saturated carbocycles. The van der Waals surface area contributed by atoms with Crippen molar-refractivity contribution in [2.75, 3.05) is 6.61 Å². The predicted molar refractivity (Wildman–Crippen MR) is 93.4 cm³/mol. The van der Waals surface area contributed by atoms with Crippen molar-refractivity contribution in [3.8, 4) is 5.75 Å². The zero-order valence-corrected chi connectivity index (χ0v) is 13.8. The van der Waals surface area contributed by atoms with Gasteiger partial charge in [-0.2, -0.15) is 0 Å². The van der Waals surface area contributed by atoms with Gasteiger partial charge in [-0.15, -0.1) is 0 Å². The molecule has 0 bridgehead atoms. The predicted octanol–water partition coefficient (Wildman–Crippen LogP) is 2.45. The first-order valence-electron chi connectivity index (χ1n) is 7.87. The fourth-order valence-electron chi connectivity index (χ4n) is 2.59. The fraction of sp³-hybridized carbons (Fsp3) is 0.263. The number of fused-ring (bicyclic) bond motifs is 1. The molecule has 0 unspecified atom stereocenters. The van der Waals surface area contributed by atoms with Crippen molar-refractivity contribution in [3.05, 3.63) is 70.4 Å². The quantitative estimate of drug-likeness (QED) is 0.783. The summed E-state index contributed by atoms with van der Waals surface area (Å²) in [4.78, 5) is 16.3. The lowest BCUT2D eigenvalue weighted by Gasteiger charge is -2.15. The molecular formula is C19H20N2O3. The van der Waals surface area contributed by atoms with Gasteiger partial charge in [0.1, 0.15) is 18.5 Å². The van der Waals surface area contributed by atoms with Crippen LogP contribution in [-0.2, 0) is 6.54 Å². The van der Waals surface area contributed by atoms with Crippen molar-refractivity contribution in [1.29, 1.82) is 0 Å². The van der Waals surface area contributed by atoms with Crippen molar-refractivity contribution in [2.45, 2.75) is 26.5 Å². The highest BCUT2D eigenvalue weighted by molar-refractivity contribution is 5.88. The first-order chi connectivity index (χ1) is 11.6. The van der Waals surface area contributed by atoms with Gasteiger partial charge in [-0.25, -0.2) is 4.98 Å². The molecule has 24 heavy (non-hydrogen) atoms. The molecule has 0 saturated heterocycles. The summed E-state index contributed by atoms with van der Waals surface area (Å²) < 4.78 is 7.18. The van der Waals surface area contributed by atoms with E-state index in [0.717, 1.165) is 16.5 Å². The van der Waals surface area contributed by atoms with Crippen LogP contribution in [0.25, 0.3) is 10.8 Å². The molecule has 3 rings (SSSR count). The molecule has 0 aliphatic heterocycles. The van der Waals surface area contributed by atoms with Crippen LogP contribution < -0.4 is 10.3 Å². The van der Waals surface area contributed by atoms with Crippen molar-refractivity contribution in [3.63, 3.8) is 0 Å². The van der Waals surface area contributed by atoms with Crippen molar-refractivity contribution >= 4 is 10.8 Å². The Hall–Kier alpha value is -2.66. The number of hydrogen-bond donors (Lipinski definition) is 1. The summed E-state index contributed by atoms with van der Waals surface area (Å²) in [5.74, 6) is 0.720. The van der Waals surface area contributed by atoms with Gasteiger partial charge in [-0.05, 0) is 25.3 Å². The highest BCUT2D eigenvalue weighted by Crippen LogP contribution is 2.25. The number of nitrogens with zero attached hydrogens (tertiary/aromatic N) is 2. The monoisotopic (exact) mass is 324 g/mol. The lowest BCUT2D eigenvalue weighted by atomic mass is 10.1. The number of ether oxygens (including phenoxy) is 1. The molecular weight excluding hydrogens is 304 g/mol. The topological polar surface area (TPSA) is 64.3 Å². The third-order valence-electron chi connectivity index (χ3n) is 4.10. The van der Waals surface area contributed by atoms with E-state index in [9.17, 15) is 9.90 Å². The van der Waals surface area contributed by atoms with Crippen LogP contribution in [0.3, 0.4) is 0 Å². The number of aliphatic hydroxyl groups is 1. The molecule has 0 aliphatic rings. The lowest BCUT2D eigenvalue weighted by molar-refractivity contribution is 0.0919. The van der Waals surface area contributed by atoms with Crippen LogP contribution in [0.2, 0.25) is 0 Å². The zero-order chi connectivity index (χ0) is 17.1. The van der Waals surface area contributed by atoms with Gasteiger partial charge in [0.15, 0.2) is 0 Å². The highest BCUT2D eigenvalue weighted by Gasteiger charge is 2.11. The largest absolute Gasteiger partial charge is 0.490 e. The van der Waals surface area contributed by atoms with E-state index in [4.69, 9.17) is 4.74 Å². The summed E-state index contributed by atoms with van der Waals surface area (Å²) in [6.07, 6.45) is 0.664. The van der Waals surface area contributed by atoms with Crippen molar-refractivity contribution < 1.29 is 9.84 Å². The van der Waals surface area contributed by atoms with E-state index in [0.29, 0.717) is 11.3 Å². The molecule has 5 nitrogen and oxygen atoms in total. The van der Waals surface area contributed by atoms with Crippen molar-refractivity contribution in [1.82, 2.24) is 9.55 Å². The molecule has 1 heterocycles. The molecule has 1 aromatic heterocycles. The van der Waals surface area contributed by atoms with Crippen LogP contribution >= 0.6 is 0 Å². The van der Waals surface area contributed by atoms with Gasteiger partial charge in [0.05, 0.1) is 12.9 Å². The molecule has 0 fully saturated rings. The summed E-state index contributed by atoms with van der Waals surface area (Å²) in [5.41, 5.74) is 1.17. The first-order valence-corrected chi connectivity index (χ1v) is 7.87. The zero-order valence-electron chi connectivity index (χ0n) is 13.8. The van der Waals surface area contributed by atoms with Crippen LogP contribution in [0.1, 0.15) is 11.3 Å². The maximum atomic E-state index is 12.1. The Balaban J connectivity index is 1.71. The van der Waals surface area contributed by atoms with Crippen LogP contribution in [0, 0.1) is 13.8 Å². The summed E-state index contributed by atoms with van der Waals surface area (Å²) in [6.45, 7) is 3.78. The van der Waals surface area contributed by atoms with Crippen LogP contribution in [0.5, 0.6) is 5.75 Å². The SMILES string of the molecule is Cc1ncn(C[C@H](O)COc2cccc3ccccc23)c(=O)c1C. The molecule has 0 aliphatic carbocycles. The molecule has 2 aromatic carbocycles. The van der Waals surface area contributed by atoms with Gasteiger partial charge < -0.3 is 9.84 Å². The van der Waals surface area contributed by atoms with Gasteiger partial charge in [-0.1, -0.05) is 36.4 Å². The second-order valence-electron chi connectivity index (χ2n) is 5.85. The van der Waals surface area contributed by atoms with Gasteiger partial charge in [0, 0.05) is 16.6 Å². The first kappa shape index (κ1) is 16.2. The number of rotatable bonds is 5. The molecule has 124 valence electrons. The molecule has 3 aromatic rings. The third-order valence-corrected chi connectivity index (χ3v) is 4.10. The maximum absolute atomic E-state index is 12.1. The minimum atomic E-state index is -0.800. The van der Waals surface area contributed by atoms with E-state index in [1.54, 1.807) is 13.8 Å². The van der Waals surface area contributed by atoms with Gasteiger partial charge >= 0.3 is 0 Å². The smallest absolute Gasteiger partial charge is 0.256 e. The second kappa shape index (κ2) is 6.84. The summed E-state index contributed by atoms with van der Waals surface area (Å²) in [6, 6.07) is 13.7. The standard InChI is InChI=1S/C19H20N2O3/c1-13-14(2)20-12-21(19(13)23)10-16(22)11-24-18-9-5-7-15-6-3-4-8-17(15)18/h3-9,12,16,22H,10-11H2,1-2H3/t16-/m0/s1. The summed E-state index contributed by atoms with van der Waals surface area (Å²) in [5, 5.41) is 12.3. The number of aliphatic hydroxyl groups excluding tert-OH is 1. The summed E-state index contributed by atoms with van der Waals surface area (Å²) >= 11 is 0. The van der Waals surface area contributed by atoms with E-state index in [-0.39, 0.29) is 18.7 Å². The van der Waals surface area contributed by atoms with E-state index >= 15 is 0 Å². The average Bonchev–Trinajstić information content (AvgIpc) is 2.60. The maximum Gasteiger partial charge on any atom is 0.256 e. The van der Waals surface area contributed by atoms with Crippen molar-refractivity contribution in [2.24, 2.45) is 0 Å². The Kier molecular flexibility index (Phi) is 4.62. The molecule has 1 atom stereocenters. The number of aromatic nitrogens is 2. The normalized spacial score (nSPS) is 12.3. The number of aryl methyl sites for hydroxylation is 1. The van der Waals surface area contributed by atoms with E-state index in [1.807, 2.05) is 42.5 Å².